The summed E-state index contributed by atoms with van der Waals surface area (Å²) in [6, 6.07) is 13.8. The molecule has 2 aromatic rings. The van der Waals surface area contributed by atoms with Gasteiger partial charge in [0.2, 0.25) is 5.91 Å². The Kier molecular flexibility index (Phi) is 5.61. The quantitative estimate of drug-likeness (QED) is 0.790. The first-order valence-electron chi connectivity index (χ1n) is 9.06. The first-order chi connectivity index (χ1) is 12.6. The highest BCUT2D eigenvalue weighted by Crippen LogP contribution is 2.35. The molecule has 26 heavy (non-hydrogen) atoms. The summed E-state index contributed by atoms with van der Waals surface area (Å²) in [6.45, 7) is 6.55. The largest absolute Gasteiger partial charge is 0.493 e. The Morgan fingerprint density at radius 1 is 1.35 bits per heavy atom. The molecule has 4 heteroatoms. The molecule has 0 spiro atoms. The predicted octanol–water partition coefficient (Wildman–Crippen LogP) is 4.30. The maximum atomic E-state index is 12.3. The number of amides is 1. The van der Waals surface area contributed by atoms with E-state index in [0.29, 0.717) is 6.61 Å². The Morgan fingerprint density at radius 3 is 2.85 bits per heavy atom. The van der Waals surface area contributed by atoms with Gasteiger partial charge in [-0.2, -0.15) is 0 Å². The van der Waals surface area contributed by atoms with E-state index in [2.05, 4.69) is 5.32 Å². The molecule has 136 valence electrons. The van der Waals surface area contributed by atoms with Crippen molar-refractivity contribution in [3.63, 3.8) is 0 Å². The van der Waals surface area contributed by atoms with E-state index >= 15 is 0 Å². The lowest BCUT2D eigenvalue weighted by atomic mass is 10.1. The summed E-state index contributed by atoms with van der Waals surface area (Å²) in [4.78, 5) is 12.3. The van der Waals surface area contributed by atoms with Crippen LogP contribution >= 0.6 is 0 Å². The van der Waals surface area contributed by atoms with E-state index in [1.54, 1.807) is 12.2 Å². The fraction of sp³-hybridized carbons (Fsp3) is 0.318. The van der Waals surface area contributed by atoms with Crippen molar-refractivity contribution in [2.75, 3.05) is 6.61 Å². The summed E-state index contributed by atoms with van der Waals surface area (Å²) >= 11 is 0. The average molecular weight is 351 g/mol. The van der Waals surface area contributed by atoms with E-state index in [-0.39, 0.29) is 18.1 Å². The van der Waals surface area contributed by atoms with Crippen molar-refractivity contribution in [2.45, 2.75) is 39.3 Å². The van der Waals surface area contributed by atoms with Crippen LogP contribution in [0.25, 0.3) is 6.08 Å². The summed E-state index contributed by atoms with van der Waals surface area (Å²) < 4.78 is 11.6. The van der Waals surface area contributed by atoms with Gasteiger partial charge in [0.15, 0.2) is 0 Å². The van der Waals surface area contributed by atoms with Gasteiger partial charge in [-0.25, -0.2) is 0 Å². The van der Waals surface area contributed by atoms with Crippen molar-refractivity contribution in [1.82, 2.24) is 5.32 Å². The van der Waals surface area contributed by atoms with E-state index in [0.717, 1.165) is 34.6 Å². The molecule has 0 aromatic heterocycles. The fourth-order valence-electron chi connectivity index (χ4n) is 3.12. The van der Waals surface area contributed by atoms with Crippen molar-refractivity contribution in [2.24, 2.45) is 0 Å². The van der Waals surface area contributed by atoms with Gasteiger partial charge in [-0.1, -0.05) is 30.3 Å². The zero-order valence-electron chi connectivity index (χ0n) is 15.5. The van der Waals surface area contributed by atoms with E-state index in [1.807, 2.05) is 63.2 Å². The molecule has 1 aliphatic rings. The van der Waals surface area contributed by atoms with Gasteiger partial charge in [-0.05, 0) is 44.5 Å². The summed E-state index contributed by atoms with van der Waals surface area (Å²) in [5, 5.41) is 2.98. The number of ether oxygens (including phenoxy) is 2. The third-order valence-electron chi connectivity index (χ3n) is 4.40. The average Bonchev–Trinajstić information content (AvgIpc) is 2.99. The minimum atomic E-state index is -0.140. The summed E-state index contributed by atoms with van der Waals surface area (Å²) in [5.41, 5.74) is 3.08. The lowest BCUT2D eigenvalue weighted by Crippen LogP contribution is -2.24. The first kappa shape index (κ1) is 18.1. The van der Waals surface area contributed by atoms with Crippen LogP contribution in [-0.4, -0.2) is 18.6 Å². The van der Waals surface area contributed by atoms with Crippen LogP contribution in [0.3, 0.4) is 0 Å². The molecule has 0 saturated carbocycles. The normalized spacial score (nSPS) is 16.8. The van der Waals surface area contributed by atoms with Crippen molar-refractivity contribution in [3.8, 4) is 11.5 Å². The molecule has 1 N–H and O–H groups in total. The van der Waals surface area contributed by atoms with Crippen LogP contribution in [0, 0.1) is 0 Å². The molecule has 1 aliphatic heterocycles. The lowest BCUT2D eigenvalue weighted by molar-refractivity contribution is -0.117. The molecule has 3 rings (SSSR count). The molecule has 0 fully saturated rings. The van der Waals surface area contributed by atoms with Gasteiger partial charge in [-0.3, -0.25) is 4.79 Å². The predicted molar refractivity (Wildman–Crippen MR) is 103 cm³/mol. The third kappa shape index (κ3) is 4.26. The number of fused-ring (bicyclic) bond motifs is 1. The van der Waals surface area contributed by atoms with E-state index in [4.69, 9.17) is 9.47 Å². The zero-order chi connectivity index (χ0) is 18.5. The van der Waals surface area contributed by atoms with Crippen LogP contribution in [0.15, 0.2) is 48.5 Å². The zero-order valence-corrected chi connectivity index (χ0v) is 15.5. The van der Waals surface area contributed by atoms with Gasteiger partial charge in [0.05, 0.1) is 12.6 Å². The van der Waals surface area contributed by atoms with Crippen molar-refractivity contribution < 1.29 is 14.3 Å². The number of carbonyl (C=O) groups excluding carboxylic acids is 1. The van der Waals surface area contributed by atoms with Crippen LogP contribution in [0.2, 0.25) is 0 Å². The molecule has 2 atom stereocenters. The maximum absolute atomic E-state index is 12.3. The van der Waals surface area contributed by atoms with Crippen LogP contribution in [0.1, 0.15) is 43.5 Å². The van der Waals surface area contributed by atoms with Gasteiger partial charge in [0.25, 0.3) is 0 Å². The third-order valence-corrected chi connectivity index (χ3v) is 4.40. The SMILES string of the molecule is CCOc1cc2c(cc1/C=C/C(=O)N[C@@H](C)c1ccccc1)O[C@H](C)C2. The highest BCUT2D eigenvalue weighted by atomic mass is 16.5. The number of rotatable bonds is 6. The van der Waals surface area contributed by atoms with Crippen LogP contribution in [0.5, 0.6) is 11.5 Å². The Morgan fingerprint density at radius 2 is 2.12 bits per heavy atom. The Balaban J connectivity index is 1.73. The minimum absolute atomic E-state index is 0.0519. The fourth-order valence-corrected chi connectivity index (χ4v) is 3.12. The molecule has 0 bridgehead atoms. The van der Waals surface area contributed by atoms with Crippen LogP contribution in [0.4, 0.5) is 0 Å². The standard InChI is InChI=1S/C22H25NO3/c1-4-25-20-14-19-12-15(2)26-21(19)13-18(20)10-11-22(24)23-16(3)17-8-6-5-7-9-17/h5-11,13-16H,4,12H2,1-3H3,(H,23,24)/b11-10+/t15-,16+/m1/s1. The molecular weight excluding hydrogens is 326 g/mol. The summed E-state index contributed by atoms with van der Waals surface area (Å²) in [7, 11) is 0. The molecule has 0 radical (unpaired) electrons. The highest BCUT2D eigenvalue weighted by molar-refractivity contribution is 5.92. The number of nitrogens with one attached hydrogen (secondary N) is 1. The van der Waals surface area contributed by atoms with Crippen LogP contribution in [-0.2, 0) is 11.2 Å². The van der Waals surface area contributed by atoms with E-state index in [1.165, 1.54) is 0 Å². The van der Waals surface area contributed by atoms with E-state index < -0.39 is 0 Å². The lowest BCUT2D eigenvalue weighted by Gasteiger charge is -2.13. The first-order valence-corrected chi connectivity index (χ1v) is 9.06. The number of hydrogen-bond donors (Lipinski definition) is 1. The number of carbonyl (C=O) groups is 1. The maximum Gasteiger partial charge on any atom is 0.244 e. The van der Waals surface area contributed by atoms with Crippen LogP contribution < -0.4 is 14.8 Å². The Labute approximate surface area is 154 Å². The van der Waals surface area contributed by atoms with Gasteiger partial charge in [0, 0.05) is 23.6 Å². The Hall–Kier alpha value is -2.75. The molecule has 0 aliphatic carbocycles. The van der Waals surface area contributed by atoms with Gasteiger partial charge >= 0.3 is 0 Å². The van der Waals surface area contributed by atoms with Gasteiger partial charge in [-0.15, -0.1) is 0 Å². The Bertz CT molecular complexity index is 799. The topological polar surface area (TPSA) is 47.6 Å². The molecule has 2 aromatic carbocycles. The molecular formula is C22H25NO3. The molecule has 0 unspecified atom stereocenters. The van der Waals surface area contributed by atoms with E-state index in [9.17, 15) is 4.79 Å². The smallest absolute Gasteiger partial charge is 0.244 e. The number of benzene rings is 2. The monoisotopic (exact) mass is 351 g/mol. The molecule has 1 heterocycles. The molecule has 4 nitrogen and oxygen atoms in total. The second kappa shape index (κ2) is 8.09. The molecule has 1 amide bonds. The van der Waals surface area contributed by atoms with Crippen molar-refractivity contribution in [3.05, 3.63) is 65.2 Å². The summed E-state index contributed by atoms with van der Waals surface area (Å²) in [6.07, 6.45) is 4.38. The van der Waals surface area contributed by atoms with Crippen molar-refractivity contribution in [1.29, 1.82) is 0 Å². The molecule has 0 saturated heterocycles. The number of hydrogen-bond acceptors (Lipinski definition) is 3. The van der Waals surface area contributed by atoms with Crippen molar-refractivity contribution >= 4 is 12.0 Å². The summed E-state index contributed by atoms with van der Waals surface area (Å²) in [5.74, 6) is 1.52. The van der Waals surface area contributed by atoms with Gasteiger partial charge in [0.1, 0.15) is 17.6 Å². The second-order valence-electron chi connectivity index (χ2n) is 6.54. The second-order valence-corrected chi connectivity index (χ2v) is 6.54. The minimum Gasteiger partial charge on any atom is -0.493 e. The highest BCUT2D eigenvalue weighted by Gasteiger charge is 2.21. The van der Waals surface area contributed by atoms with Gasteiger partial charge < -0.3 is 14.8 Å².